The van der Waals surface area contributed by atoms with E-state index in [4.69, 9.17) is 0 Å². The maximum absolute atomic E-state index is 9.72. The first-order valence-corrected chi connectivity index (χ1v) is 4.79. The molecule has 0 bridgehead atoms. The Labute approximate surface area is 68.0 Å². The molecule has 3 unspecified atom stereocenters. The Bertz CT molecular complexity index is 138. The number of aliphatic hydroxyl groups excluding tert-OH is 1. The zero-order valence-corrected chi connectivity index (χ0v) is 6.92. The highest BCUT2D eigenvalue weighted by Crippen LogP contribution is 2.31. The molecule has 1 aliphatic heterocycles. The lowest BCUT2D eigenvalue weighted by Crippen LogP contribution is -2.35. The molecule has 11 heavy (non-hydrogen) atoms. The van der Waals surface area contributed by atoms with Crippen LogP contribution in [0.15, 0.2) is 0 Å². The van der Waals surface area contributed by atoms with Crippen LogP contribution in [0.25, 0.3) is 0 Å². The van der Waals surface area contributed by atoms with Crippen molar-refractivity contribution < 1.29 is 5.11 Å². The minimum absolute atomic E-state index is 0.0162. The van der Waals surface area contributed by atoms with Crippen LogP contribution in [-0.4, -0.2) is 23.8 Å². The quantitative estimate of drug-likeness (QED) is 0.544. The third kappa shape index (κ3) is 1.42. The fourth-order valence-electron chi connectivity index (χ4n) is 2.52. The smallest absolute Gasteiger partial charge is 0.0583 e. The molecule has 2 rings (SSSR count). The first-order valence-electron chi connectivity index (χ1n) is 4.79. The molecule has 0 aromatic carbocycles. The summed E-state index contributed by atoms with van der Waals surface area (Å²) in [5.41, 5.74) is 0. The van der Waals surface area contributed by atoms with Crippen LogP contribution in [-0.2, 0) is 0 Å². The molecular formula is C9H17NO. The summed E-state index contributed by atoms with van der Waals surface area (Å²) in [6.07, 6.45) is 5.96. The summed E-state index contributed by atoms with van der Waals surface area (Å²) >= 11 is 0. The van der Waals surface area contributed by atoms with Gasteiger partial charge in [-0.05, 0) is 32.2 Å². The van der Waals surface area contributed by atoms with Crippen LogP contribution in [0.4, 0.5) is 0 Å². The Morgan fingerprint density at radius 2 is 2.00 bits per heavy atom. The predicted molar refractivity (Wildman–Crippen MR) is 44.4 cm³/mol. The van der Waals surface area contributed by atoms with E-state index in [1.165, 1.54) is 19.3 Å². The van der Waals surface area contributed by atoms with E-state index in [2.05, 4.69) is 5.32 Å². The van der Waals surface area contributed by atoms with Gasteiger partial charge in [0.2, 0.25) is 0 Å². The van der Waals surface area contributed by atoms with Crippen molar-refractivity contribution in [1.82, 2.24) is 5.32 Å². The van der Waals surface area contributed by atoms with Crippen molar-refractivity contribution in [3.63, 3.8) is 0 Å². The van der Waals surface area contributed by atoms with Crippen LogP contribution in [0.5, 0.6) is 0 Å². The maximum atomic E-state index is 9.72. The molecule has 1 saturated heterocycles. The van der Waals surface area contributed by atoms with Gasteiger partial charge < -0.3 is 10.4 Å². The second-order valence-corrected chi connectivity index (χ2v) is 3.86. The van der Waals surface area contributed by atoms with Crippen LogP contribution < -0.4 is 5.32 Å². The van der Waals surface area contributed by atoms with Crippen molar-refractivity contribution in [2.24, 2.45) is 5.92 Å². The molecule has 2 heteroatoms. The van der Waals surface area contributed by atoms with E-state index < -0.39 is 0 Å². The third-order valence-electron chi connectivity index (χ3n) is 3.15. The molecule has 2 fully saturated rings. The standard InChI is InChI=1S/C9H17NO/c11-9-5-2-6-10-8-4-1-3-7(8)9/h7-11H,1-6H2. The van der Waals surface area contributed by atoms with Crippen molar-refractivity contribution >= 4 is 0 Å². The molecule has 1 saturated carbocycles. The van der Waals surface area contributed by atoms with Gasteiger partial charge in [0.1, 0.15) is 0 Å². The van der Waals surface area contributed by atoms with Gasteiger partial charge in [0.05, 0.1) is 6.10 Å². The van der Waals surface area contributed by atoms with Crippen LogP contribution in [0, 0.1) is 5.92 Å². The van der Waals surface area contributed by atoms with Gasteiger partial charge >= 0.3 is 0 Å². The highest BCUT2D eigenvalue weighted by molar-refractivity contribution is 4.89. The van der Waals surface area contributed by atoms with Gasteiger partial charge in [-0.15, -0.1) is 0 Å². The molecule has 0 aromatic rings. The molecule has 1 aliphatic carbocycles. The molecule has 2 aliphatic rings. The van der Waals surface area contributed by atoms with Crippen molar-refractivity contribution in [1.29, 1.82) is 0 Å². The van der Waals surface area contributed by atoms with Gasteiger partial charge in [-0.2, -0.15) is 0 Å². The number of hydrogen-bond acceptors (Lipinski definition) is 2. The third-order valence-corrected chi connectivity index (χ3v) is 3.15. The second-order valence-electron chi connectivity index (χ2n) is 3.86. The zero-order chi connectivity index (χ0) is 7.68. The maximum Gasteiger partial charge on any atom is 0.0583 e. The van der Waals surface area contributed by atoms with E-state index in [1.54, 1.807) is 0 Å². The average Bonchev–Trinajstić information content (AvgIpc) is 2.40. The monoisotopic (exact) mass is 155 g/mol. The van der Waals surface area contributed by atoms with Gasteiger partial charge in [0.15, 0.2) is 0 Å². The SMILES string of the molecule is OC1CCCNC2CCCC12. The van der Waals surface area contributed by atoms with Crippen molar-refractivity contribution in [2.75, 3.05) is 6.54 Å². The number of hydrogen-bond donors (Lipinski definition) is 2. The second kappa shape index (κ2) is 3.11. The first-order chi connectivity index (χ1) is 5.38. The van der Waals surface area contributed by atoms with E-state index >= 15 is 0 Å². The Morgan fingerprint density at radius 3 is 2.91 bits per heavy atom. The summed E-state index contributed by atoms with van der Waals surface area (Å²) in [5.74, 6) is 0.567. The van der Waals surface area contributed by atoms with Crippen LogP contribution in [0.3, 0.4) is 0 Å². The molecule has 2 N–H and O–H groups in total. The summed E-state index contributed by atoms with van der Waals surface area (Å²) in [7, 11) is 0. The molecule has 0 aromatic heterocycles. The lowest BCUT2D eigenvalue weighted by Gasteiger charge is -2.21. The molecule has 2 nitrogen and oxygen atoms in total. The zero-order valence-electron chi connectivity index (χ0n) is 6.92. The van der Waals surface area contributed by atoms with E-state index in [9.17, 15) is 5.11 Å². The van der Waals surface area contributed by atoms with E-state index in [1.807, 2.05) is 0 Å². The van der Waals surface area contributed by atoms with Crippen molar-refractivity contribution in [3.05, 3.63) is 0 Å². The molecule has 3 atom stereocenters. The minimum Gasteiger partial charge on any atom is -0.393 e. The largest absolute Gasteiger partial charge is 0.393 e. The molecule has 64 valence electrons. The number of aliphatic hydroxyl groups is 1. The van der Waals surface area contributed by atoms with Gasteiger partial charge in [0.25, 0.3) is 0 Å². The molecule has 1 heterocycles. The Morgan fingerprint density at radius 1 is 1.09 bits per heavy atom. The summed E-state index contributed by atoms with van der Waals surface area (Å²) in [4.78, 5) is 0. The number of fused-ring (bicyclic) bond motifs is 1. The van der Waals surface area contributed by atoms with Gasteiger partial charge in [-0.25, -0.2) is 0 Å². The van der Waals surface area contributed by atoms with E-state index in [0.717, 1.165) is 19.4 Å². The number of rotatable bonds is 0. The molecular weight excluding hydrogens is 138 g/mol. The van der Waals surface area contributed by atoms with Gasteiger partial charge in [0, 0.05) is 12.0 Å². The minimum atomic E-state index is -0.0162. The van der Waals surface area contributed by atoms with E-state index in [0.29, 0.717) is 12.0 Å². The fourth-order valence-corrected chi connectivity index (χ4v) is 2.52. The highest BCUT2D eigenvalue weighted by atomic mass is 16.3. The van der Waals surface area contributed by atoms with Gasteiger partial charge in [-0.1, -0.05) is 6.42 Å². The Balaban J connectivity index is 2.03. The Hall–Kier alpha value is -0.0800. The van der Waals surface area contributed by atoms with Crippen LogP contribution >= 0.6 is 0 Å². The summed E-state index contributed by atoms with van der Waals surface area (Å²) < 4.78 is 0. The summed E-state index contributed by atoms with van der Waals surface area (Å²) in [5, 5.41) is 13.2. The summed E-state index contributed by atoms with van der Waals surface area (Å²) in [6.45, 7) is 1.11. The molecule has 0 spiro atoms. The Kier molecular flexibility index (Phi) is 2.14. The van der Waals surface area contributed by atoms with Crippen LogP contribution in [0.2, 0.25) is 0 Å². The average molecular weight is 155 g/mol. The molecule has 0 amide bonds. The number of nitrogens with one attached hydrogen (secondary N) is 1. The van der Waals surface area contributed by atoms with E-state index in [-0.39, 0.29) is 6.10 Å². The van der Waals surface area contributed by atoms with Crippen LogP contribution in [0.1, 0.15) is 32.1 Å². The topological polar surface area (TPSA) is 32.3 Å². The fraction of sp³-hybridized carbons (Fsp3) is 1.00. The summed E-state index contributed by atoms with van der Waals surface area (Å²) in [6, 6.07) is 0.632. The normalized spacial score (nSPS) is 45.0. The first kappa shape index (κ1) is 7.56. The lowest BCUT2D eigenvalue weighted by molar-refractivity contribution is 0.0980. The highest BCUT2D eigenvalue weighted by Gasteiger charge is 2.33. The predicted octanol–water partition coefficient (Wildman–Crippen LogP) is 0.899. The van der Waals surface area contributed by atoms with Crippen molar-refractivity contribution in [2.45, 2.75) is 44.2 Å². The van der Waals surface area contributed by atoms with Gasteiger partial charge in [-0.3, -0.25) is 0 Å². The molecule has 0 radical (unpaired) electrons. The lowest BCUT2D eigenvalue weighted by atomic mass is 9.95. The van der Waals surface area contributed by atoms with Crippen molar-refractivity contribution in [3.8, 4) is 0 Å².